The van der Waals surface area contributed by atoms with Gasteiger partial charge in [0.25, 0.3) is 5.91 Å². The number of carboxylic acid groups (broad SMARTS) is 1. The van der Waals surface area contributed by atoms with Gasteiger partial charge in [0.2, 0.25) is 11.8 Å². The van der Waals surface area contributed by atoms with Crippen molar-refractivity contribution in [3.63, 3.8) is 0 Å². The van der Waals surface area contributed by atoms with Crippen LogP contribution in [0.5, 0.6) is 11.5 Å². The summed E-state index contributed by atoms with van der Waals surface area (Å²) in [6.07, 6.45) is 0.819. The van der Waals surface area contributed by atoms with Crippen LogP contribution < -0.4 is 41.0 Å². The Bertz CT molecular complexity index is 4270. The van der Waals surface area contributed by atoms with E-state index in [9.17, 15) is 61.5 Å². The van der Waals surface area contributed by atoms with Gasteiger partial charge in [-0.05, 0) is 203 Å². The quantitative estimate of drug-likeness (QED) is 0.0250. The normalized spacial score (nSPS) is 26.8. The molecule has 0 radical (unpaired) electrons. The SMILES string of the molecule is CN(C)C[C@H](N)CS(=O)(=O)C(C)(C)C.COc1c(CN2O[C@@H](CO)[C@@H]([C@H](C)O)[C@H]2C(=O)N[C@H]2C[C@H]3C[C@@H]([C@@H]2C)C3(C)C)cccc1-c1cc(C(=O)N[C@@H](CN(C)C)CS(=O)(=O)C(C)(C)C)cc(N(C)C)c1.COc1c(CN2O[C@@H](CO)[C@@H]([C@H](C)O)[C@H]2C(=O)N[C@H]2C[C@H]3C[C@@H]([C@@H]2C)C3(C)C)cccc1-c1cc(C(=O)O)cc(N(C)C)c1. The van der Waals surface area contributed by atoms with Crippen LogP contribution in [0.4, 0.5) is 11.4 Å². The molecule has 2 aliphatic heterocycles. The van der Waals surface area contributed by atoms with Gasteiger partial charge in [-0.15, -0.1) is 0 Å². The van der Waals surface area contributed by atoms with E-state index in [1.165, 1.54) is 12.8 Å². The van der Waals surface area contributed by atoms with Gasteiger partial charge >= 0.3 is 5.97 Å². The zero-order chi connectivity index (χ0) is 86.0. The molecular weight excluding hydrogens is 1510 g/mol. The smallest absolute Gasteiger partial charge is 0.335 e. The minimum atomic E-state index is -3.54. The number of carbonyl (C=O) groups excluding carboxylic acids is 3. The minimum Gasteiger partial charge on any atom is -0.496 e. The first-order chi connectivity index (χ1) is 53.3. The van der Waals surface area contributed by atoms with Gasteiger partial charge in [-0.25, -0.2) is 21.6 Å². The van der Waals surface area contributed by atoms with Crippen molar-refractivity contribution in [2.75, 3.05) is 118 Å². The Morgan fingerprint density at radius 1 is 0.591 bits per heavy atom. The summed E-state index contributed by atoms with van der Waals surface area (Å²) >= 11 is 0. The lowest BCUT2D eigenvalue weighted by Gasteiger charge is -2.62. The molecule has 2 saturated heterocycles. The van der Waals surface area contributed by atoms with Gasteiger partial charge in [0.1, 0.15) is 35.8 Å². The van der Waals surface area contributed by atoms with E-state index in [-0.39, 0.29) is 84.1 Å². The maximum Gasteiger partial charge on any atom is 0.335 e. The number of amides is 3. The number of anilines is 2. The molecule has 0 spiro atoms. The highest BCUT2D eigenvalue weighted by Crippen LogP contribution is 2.62. The molecule has 3 amide bonds. The van der Waals surface area contributed by atoms with Gasteiger partial charge in [0, 0.05) is 110 Å². The number of carbonyl (C=O) groups is 4. The lowest BCUT2D eigenvalue weighted by molar-refractivity contribution is -0.183. The Morgan fingerprint density at radius 3 is 1.30 bits per heavy atom. The van der Waals surface area contributed by atoms with Crippen molar-refractivity contribution in [2.24, 2.45) is 63.9 Å². The van der Waals surface area contributed by atoms with Crippen LogP contribution in [0.15, 0.2) is 72.8 Å². The Hall–Kier alpha value is -6.58. The predicted molar refractivity (Wildman–Crippen MR) is 451 cm³/mol. The van der Waals surface area contributed by atoms with Crippen LogP contribution in [0.2, 0.25) is 0 Å². The number of rotatable bonds is 29. The van der Waals surface area contributed by atoms with E-state index in [0.29, 0.717) is 99.0 Å². The summed E-state index contributed by atoms with van der Waals surface area (Å²) in [5.41, 5.74) is 12.4. The molecule has 0 unspecified atom stereocenters. The maximum atomic E-state index is 14.3. The molecule has 18 atom stereocenters. The van der Waals surface area contributed by atoms with Crippen LogP contribution in [-0.2, 0) is 52.0 Å². The molecule has 0 aromatic heterocycles. The number of methoxy groups -OCH3 is 2. The summed E-state index contributed by atoms with van der Waals surface area (Å²) in [5.74, 6) is 0.499. The maximum absolute atomic E-state index is 14.3. The number of nitrogens with zero attached hydrogens (tertiary/aromatic N) is 6. The first kappa shape index (κ1) is 93.9. The second-order valence-corrected chi connectivity index (χ2v) is 42.9. The Labute approximate surface area is 684 Å². The van der Waals surface area contributed by atoms with Gasteiger partial charge in [-0.3, -0.25) is 24.1 Å². The van der Waals surface area contributed by atoms with Crippen LogP contribution in [0.3, 0.4) is 0 Å². The van der Waals surface area contributed by atoms with E-state index < -0.39 is 95.4 Å². The summed E-state index contributed by atoms with van der Waals surface area (Å²) in [4.78, 5) is 74.1. The van der Waals surface area contributed by atoms with Gasteiger partial charge in [-0.2, -0.15) is 10.1 Å². The standard InChI is InChI=1S/C43H67N5O8S.C34H47N3O7.C9H22N2O2S/c1-25-34-19-30(43(34,6)7)20-35(25)45-41(52)38-37(26(2)50)36(23-49)56-48(38)21-27-14-13-15-33(39(27)55-12)28-16-29(18-32(17-28)47(10)11)40(51)44-31(22-46(8)9)24-57(53,54)42(3,4)5;1-18-26-14-23(34(26,3)4)15-27(18)35-32(40)30-29(19(2)39)28(17-38)44-37(30)16-20-9-8-10-25(31(20)43-7)21-11-22(33(41)42)13-24(12-21)36(5)6;1-9(2,3)14(12,13)7-8(10)6-11(4)5/h13-18,25-26,30-31,34-38,49-50H,19-24H2,1-12H3,(H,44,51)(H,45,52);8-13,18-19,23,26-30,38-39H,14-17H2,1-7H3,(H,35,40)(H,41,42);8H,6-7,10H2,1-5H3/t25-,26-,30+,31-,34-,35-,36-,37+,38-;18-,19-,23+,26-,27-,28-,29+,30-;8-/m000/s1. The van der Waals surface area contributed by atoms with Gasteiger partial charge in [-0.1, -0.05) is 77.9 Å². The van der Waals surface area contributed by atoms with Crippen LogP contribution in [0.1, 0.15) is 154 Å². The molecule has 8 aliphatic rings. The molecule has 29 heteroatoms. The lowest BCUT2D eigenvalue weighted by atomic mass is 9.45. The van der Waals surface area contributed by atoms with Gasteiger partial charge < -0.3 is 76.3 Å². The number of nitrogens with two attached hydrogens (primary N) is 1. The molecule has 4 aromatic carbocycles. The summed E-state index contributed by atoms with van der Waals surface area (Å²) in [6.45, 7) is 27.5. The number of aliphatic hydroxyl groups is 4. The number of hydroxylamine groups is 4. The molecule has 8 fully saturated rings. The van der Waals surface area contributed by atoms with Crippen molar-refractivity contribution >= 4 is 54.7 Å². The van der Waals surface area contributed by atoms with Crippen LogP contribution in [0, 0.1) is 58.2 Å². The van der Waals surface area contributed by atoms with Crippen molar-refractivity contribution in [3.05, 3.63) is 95.1 Å². The zero-order valence-corrected chi connectivity index (χ0v) is 74.2. The number of fused-ring (bicyclic) bond motifs is 4. The molecule has 6 saturated carbocycles. The second-order valence-electron chi connectivity index (χ2n) is 37.3. The first-order valence-corrected chi connectivity index (χ1v) is 43.7. The largest absolute Gasteiger partial charge is 0.496 e. The highest BCUT2D eigenvalue weighted by molar-refractivity contribution is 7.93. The third kappa shape index (κ3) is 21.2. The van der Waals surface area contributed by atoms with E-state index in [4.69, 9.17) is 24.9 Å². The first-order valence-electron chi connectivity index (χ1n) is 40.4. The molecule has 4 bridgehead atoms. The third-order valence-corrected chi connectivity index (χ3v) is 31.1. The third-order valence-electron chi connectivity index (χ3n) is 25.6. The van der Waals surface area contributed by atoms with E-state index in [1.807, 2.05) is 125 Å². The number of nitrogens with one attached hydrogen (secondary N) is 3. The summed E-state index contributed by atoms with van der Waals surface area (Å²) < 4.78 is 60.2. The lowest BCUT2D eigenvalue weighted by Crippen LogP contribution is -2.62. The highest BCUT2D eigenvalue weighted by atomic mass is 32.2. The molecule has 6 aliphatic carbocycles. The highest BCUT2D eigenvalue weighted by Gasteiger charge is 2.60. The van der Waals surface area contributed by atoms with Gasteiger partial charge in [0.05, 0.1) is 85.3 Å². The molecule has 12 rings (SSSR count). The number of likely N-dealkylation sites (N-methyl/N-ethyl adjacent to an activating group) is 2. The van der Waals surface area contributed by atoms with Crippen LogP contribution >= 0.6 is 0 Å². The molecular formula is C86H136N10O17S2. The second kappa shape index (κ2) is 37.4. The molecule has 27 nitrogen and oxygen atoms in total. The minimum absolute atomic E-state index is 0.00763. The molecule has 644 valence electrons. The van der Waals surface area contributed by atoms with Crippen LogP contribution in [0.25, 0.3) is 22.3 Å². The number of hydrogen-bond acceptors (Lipinski definition) is 23. The number of aliphatic hydroxyl groups excluding tert-OH is 4. The number of ether oxygens (including phenoxy) is 2. The number of sulfone groups is 2. The summed E-state index contributed by atoms with van der Waals surface area (Å²) in [7, 11) is 11.4. The number of aromatic carboxylic acids is 1. The van der Waals surface area contributed by atoms with Crippen molar-refractivity contribution in [2.45, 2.75) is 206 Å². The number of hydrogen-bond donors (Lipinski definition) is 9. The average molecular weight is 1650 g/mol. The number of carboxylic acids is 1. The Kier molecular flexibility index (Phi) is 30.5. The van der Waals surface area contributed by atoms with E-state index >= 15 is 0 Å². The topological polar surface area (TPSA) is 356 Å². The average Bonchev–Trinajstić information content (AvgIpc) is 1.23. The fraction of sp³-hybridized carbons (Fsp3) is 0.674. The molecule has 115 heavy (non-hydrogen) atoms. The van der Waals surface area contributed by atoms with Crippen molar-refractivity contribution in [1.29, 1.82) is 0 Å². The summed E-state index contributed by atoms with van der Waals surface area (Å²) in [6, 6.07) is 19.2. The zero-order valence-electron chi connectivity index (χ0n) is 72.5. The monoisotopic (exact) mass is 1640 g/mol. The molecule has 4 aromatic rings. The number of para-hydroxylation sites is 2. The van der Waals surface area contributed by atoms with Crippen LogP contribution in [-0.4, -0.2) is 265 Å². The van der Waals surface area contributed by atoms with Crippen molar-refractivity contribution in [1.82, 2.24) is 35.9 Å². The van der Waals surface area contributed by atoms with E-state index in [2.05, 4.69) is 57.5 Å². The summed E-state index contributed by atoms with van der Waals surface area (Å²) in [5, 5.41) is 64.8. The Balaban J connectivity index is 0.000000252. The fourth-order valence-corrected chi connectivity index (χ4v) is 20.8. The van der Waals surface area contributed by atoms with E-state index in [0.717, 1.165) is 24.2 Å². The molecule has 2 heterocycles. The Morgan fingerprint density at radius 2 is 0.974 bits per heavy atom. The van der Waals surface area contributed by atoms with Gasteiger partial charge in [0.15, 0.2) is 19.7 Å². The molecule has 10 N–H and O–H groups in total. The number of benzene rings is 4. The van der Waals surface area contributed by atoms with Crippen molar-refractivity contribution in [3.8, 4) is 33.8 Å². The van der Waals surface area contributed by atoms with E-state index in [1.54, 1.807) is 104 Å². The van der Waals surface area contributed by atoms with Crippen molar-refractivity contribution < 1.29 is 80.7 Å². The fourth-order valence-electron chi connectivity index (χ4n) is 18.4. The predicted octanol–water partition coefficient (Wildman–Crippen LogP) is 7.84.